The highest BCUT2D eigenvalue weighted by Gasteiger charge is 2.34. The number of H-pyrrole nitrogens is 1. The number of halogens is 1. The number of sulfonamides is 1. The predicted molar refractivity (Wildman–Crippen MR) is 65.4 cm³/mol. The summed E-state index contributed by atoms with van der Waals surface area (Å²) in [6.07, 6.45) is 6.87. The minimum Gasteiger partial charge on any atom is -0.335 e. The monoisotopic (exact) mass is 277 g/mol. The topological polar surface area (TPSA) is 74.8 Å². The molecule has 17 heavy (non-hydrogen) atoms. The Bertz CT molecular complexity index is 452. The van der Waals surface area contributed by atoms with Gasteiger partial charge in [0.1, 0.15) is 0 Å². The second-order valence-corrected chi connectivity index (χ2v) is 6.58. The Morgan fingerprint density at radius 1 is 1.47 bits per heavy atom. The molecule has 0 atom stereocenters. The van der Waals surface area contributed by atoms with Crippen molar-refractivity contribution in [3.63, 3.8) is 0 Å². The van der Waals surface area contributed by atoms with Crippen LogP contribution in [0, 0.1) is 5.41 Å². The second kappa shape index (κ2) is 4.96. The first-order valence-corrected chi connectivity index (χ1v) is 7.64. The van der Waals surface area contributed by atoms with Crippen LogP contribution >= 0.6 is 11.6 Å². The molecule has 2 N–H and O–H groups in total. The number of nitrogens with one attached hydrogen (secondary N) is 2. The summed E-state index contributed by atoms with van der Waals surface area (Å²) in [5.41, 5.74) is -0.0748. The first-order chi connectivity index (χ1) is 8.08. The van der Waals surface area contributed by atoms with Crippen molar-refractivity contribution in [3.8, 4) is 0 Å². The third-order valence-corrected chi connectivity index (χ3v) is 5.24. The van der Waals surface area contributed by atoms with E-state index in [0.717, 1.165) is 25.7 Å². The van der Waals surface area contributed by atoms with E-state index < -0.39 is 10.0 Å². The second-order valence-electron chi connectivity index (χ2n) is 4.58. The van der Waals surface area contributed by atoms with E-state index in [1.165, 1.54) is 12.5 Å². The molecular formula is C10H16ClN3O2S. The van der Waals surface area contributed by atoms with Crippen molar-refractivity contribution in [1.82, 2.24) is 14.7 Å². The number of aromatic nitrogens is 2. The summed E-state index contributed by atoms with van der Waals surface area (Å²) < 4.78 is 26.4. The first kappa shape index (κ1) is 12.9. The van der Waals surface area contributed by atoms with E-state index in [1.807, 2.05) is 0 Å². The fourth-order valence-corrected chi connectivity index (χ4v) is 3.62. The maximum Gasteiger partial charge on any atom is 0.257 e. The van der Waals surface area contributed by atoms with Crippen LogP contribution in [0.15, 0.2) is 17.6 Å². The van der Waals surface area contributed by atoms with Gasteiger partial charge in [-0.3, -0.25) is 0 Å². The van der Waals surface area contributed by atoms with Crippen molar-refractivity contribution >= 4 is 21.6 Å². The minimum absolute atomic E-state index is 0.0748. The molecule has 1 aliphatic rings. The average Bonchev–Trinajstić information content (AvgIpc) is 2.99. The van der Waals surface area contributed by atoms with Crippen LogP contribution in [0.25, 0.3) is 0 Å². The SMILES string of the molecule is O=S(=O)(NCC1(CCl)CCCC1)c1cnc[nH]1. The van der Waals surface area contributed by atoms with Gasteiger partial charge in [-0.05, 0) is 18.3 Å². The van der Waals surface area contributed by atoms with Gasteiger partial charge in [-0.25, -0.2) is 18.1 Å². The van der Waals surface area contributed by atoms with E-state index >= 15 is 0 Å². The van der Waals surface area contributed by atoms with E-state index in [4.69, 9.17) is 11.6 Å². The summed E-state index contributed by atoms with van der Waals surface area (Å²) in [4.78, 5) is 6.29. The summed E-state index contributed by atoms with van der Waals surface area (Å²) in [5.74, 6) is 0.499. The van der Waals surface area contributed by atoms with Crippen molar-refractivity contribution < 1.29 is 8.42 Å². The third kappa shape index (κ3) is 2.81. The number of hydrogen-bond acceptors (Lipinski definition) is 3. The zero-order valence-corrected chi connectivity index (χ0v) is 11.0. The Balaban J connectivity index is 2.02. The van der Waals surface area contributed by atoms with E-state index in [1.54, 1.807) is 0 Å². The molecule has 7 heteroatoms. The van der Waals surface area contributed by atoms with Crippen LogP contribution in [0.5, 0.6) is 0 Å². The molecule has 1 aromatic heterocycles. The van der Waals surface area contributed by atoms with Gasteiger partial charge >= 0.3 is 0 Å². The van der Waals surface area contributed by atoms with Crippen LogP contribution in [-0.2, 0) is 10.0 Å². The maximum atomic E-state index is 11.9. The highest BCUT2D eigenvalue weighted by atomic mass is 35.5. The van der Waals surface area contributed by atoms with Gasteiger partial charge in [0.25, 0.3) is 10.0 Å². The lowest BCUT2D eigenvalue weighted by Crippen LogP contribution is -2.37. The van der Waals surface area contributed by atoms with E-state index in [-0.39, 0.29) is 10.4 Å². The normalized spacial score (nSPS) is 19.6. The van der Waals surface area contributed by atoms with Crippen molar-refractivity contribution in [2.75, 3.05) is 12.4 Å². The van der Waals surface area contributed by atoms with Crippen LogP contribution in [0.3, 0.4) is 0 Å². The van der Waals surface area contributed by atoms with Gasteiger partial charge in [-0.15, -0.1) is 11.6 Å². The molecule has 5 nitrogen and oxygen atoms in total. The summed E-state index contributed by atoms with van der Waals surface area (Å²) in [6.45, 7) is 0.401. The number of rotatable bonds is 5. The molecule has 1 saturated carbocycles. The van der Waals surface area contributed by atoms with Crippen molar-refractivity contribution in [2.45, 2.75) is 30.7 Å². The Morgan fingerprint density at radius 2 is 2.18 bits per heavy atom. The van der Waals surface area contributed by atoms with Gasteiger partial charge in [-0.1, -0.05) is 12.8 Å². The Morgan fingerprint density at radius 3 is 2.71 bits per heavy atom. The highest BCUT2D eigenvalue weighted by molar-refractivity contribution is 7.89. The molecule has 1 heterocycles. The molecule has 0 aliphatic heterocycles. The van der Waals surface area contributed by atoms with Gasteiger partial charge in [0.05, 0.1) is 12.5 Å². The van der Waals surface area contributed by atoms with E-state index in [9.17, 15) is 8.42 Å². The van der Waals surface area contributed by atoms with Crippen LogP contribution in [-0.4, -0.2) is 30.8 Å². The molecular weight excluding hydrogens is 262 g/mol. The lowest BCUT2D eigenvalue weighted by molar-refractivity contribution is 0.342. The minimum atomic E-state index is -3.48. The highest BCUT2D eigenvalue weighted by Crippen LogP contribution is 2.38. The molecule has 2 rings (SSSR count). The number of alkyl halides is 1. The number of imidazole rings is 1. The molecule has 1 aliphatic carbocycles. The summed E-state index contributed by atoms with van der Waals surface area (Å²) in [5, 5.41) is 0.0974. The van der Waals surface area contributed by atoms with E-state index in [0.29, 0.717) is 12.4 Å². The van der Waals surface area contributed by atoms with Crippen molar-refractivity contribution in [1.29, 1.82) is 0 Å². The van der Waals surface area contributed by atoms with Crippen LogP contribution < -0.4 is 4.72 Å². The van der Waals surface area contributed by atoms with Crippen LogP contribution in [0.1, 0.15) is 25.7 Å². The average molecular weight is 278 g/mol. The quantitative estimate of drug-likeness (QED) is 0.801. The first-order valence-electron chi connectivity index (χ1n) is 5.62. The standard InChI is InChI=1S/C10H16ClN3O2S/c11-6-10(3-1-2-4-10)7-14-17(15,16)9-5-12-8-13-9/h5,8,14H,1-4,6-7H2,(H,12,13). The molecule has 0 amide bonds. The molecule has 0 saturated heterocycles. The Hall–Kier alpha value is -0.590. The number of nitrogens with zero attached hydrogens (tertiary/aromatic N) is 1. The van der Waals surface area contributed by atoms with Gasteiger partial charge in [-0.2, -0.15) is 0 Å². The van der Waals surface area contributed by atoms with Crippen LogP contribution in [0.2, 0.25) is 0 Å². The zero-order chi connectivity index (χ0) is 12.4. The maximum absolute atomic E-state index is 11.9. The predicted octanol–water partition coefficient (Wildman–Crippen LogP) is 1.49. The van der Waals surface area contributed by atoms with E-state index in [2.05, 4.69) is 14.7 Å². The smallest absolute Gasteiger partial charge is 0.257 e. The van der Waals surface area contributed by atoms with Crippen molar-refractivity contribution in [3.05, 3.63) is 12.5 Å². The fourth-order valence-electron chi connectivity index (χ4n) is 2.20. The van der Waals surface area contributed by atoms with Gasteiger partial charge in [0, 0.05) is 12.4 Å². The lowest BCUT2D eigenvalue weighted by atomic mass is 9.89. The Labute approximate surface area is 106 Å². The molecule has 1 aromatic rings. The summed E-state index contributed by atoms with van der Waals surface area (Å²) in [6, 6.07) is 0. The molecule has 0 radical (unpaired) electrons. The molecule has 0 aromatic carbocycles. The van der Waals surface area contributed by atoms with Crippen molar-refractivity contribution in [2.24, 2.45) is 5.41 Å². The molecule has 96 valence electrons. The number of hydrogen-bond donors (Lipinski definition) is 2. The summed E-state index contributed by atoms with van der Waals surface area (Å²) in [7, 11) is -3.48. The Kier molecular flexibility index (Phi) is 3.75. The lowest BCUT2D eigenvalue weighted by Gasteiger charge is -2.26. The number of aromatic amines is 1. The molecule has 0 unspecified atom stereocenters. The molecule has 0 spiro atoms. The van der Waals surface area contributed by atoms with Gasteiger partial charge in [0.15, 0.2) is 5.03 Å². The molecule has 1 fully saturated rings. The largest absolute Gasteiger partial charge is 0.335 e. The fraction of sp³-hybridized carbons (Fsp3) is 0.700. The van der Waals surface area contributed by atoms with Gasteiger partial charge in [0.2, 0.25) is 0 Å². The van der Waals surface area contributed by atoms with Gasteiger partial charge < -0.3 is 4.98 Å². The molecule has 0 bridgehead atoms. The third-order valence-electron chi connectivity index (χ3n) is 3.35. The van der Waals surface area contributed by atoms with Crippen LogP contribution in [0.4, 0.5) is 0 Å². The summed E-state index contributed by atoms with van der Waals surface area (Å²) >= 11 is 5.96. The zero-order valence-electron chi connectivity index (χ0n) is 9.45.